The fourth-order valence-electron chi connectivity index (χ4n) is 2.73. The fraction of sp³-hybridized carbons (Fsp3) is 0.526. The summed E-state index contributed by atoms with van der Waals surface area (Å²) in [4.78, 5) is 6.83. The Labute approximate surface area is 180 Å². The largest absolute Gasteiger partial charge is 0.378 e. The molecule has 0 radical (unpaired) electrons. The first-order valence-electron chi connectivity index (χ1n) is 9.03. The molecule has 0 fully saturated rings. The molecule has 1 aliphatic heterocycles. The number of benzene rings is 1. The van der Waals surface area contributed by atoms with Gasteiger partial charge in [-0.25, -0.2) is 8.42 Å². The Morgan fingerprint density at radius 2 is 2.00 bits per heavy atom. The third-order valence-corrected chi connectivity index (χ3v) is 4.99. The second kappa shape index (κ2) is 12.4. The Hall–Kier alpha value is -1.13. The van der Waals surface area contributed by atoms with Crippen LogP contribution < -0.4 is 5.32 Å². The van der Waals surface area contributed by atoms with E-state index in [-0.39, 0.29) is 36.3 Å². The number of sulfone groups is 1. The summed E-state index contributed by atoms with van der Waals surface area (Å²) in [5.74, 6) is 0.929. The van der Waals surface area contributed by atoms with Gasteiger partial charge in [-0.1, -0.05) is 36.4 Å². The van der Waals surface area contributed by atoms with Crippen LogP contribution in [-0.2, 0) is 14.6 Å². The van der Waals surface area contributed by atoms with Gasteiger partial charge < -0.3 is 15.0 Å². The summed E-state index contributed by atoms with van der Waals surface area (Å²) in [5.41, 5.74) is 2.66. The average Bonchev–Trinajstić information content (AvgIpc) is 2.64. The first kappa shape index (κ1) is 23.9. The second-order valence-electron chi connectivity index (χ2n) is 6.27. The van der Waals surface area contributed by atoms with E-state index in [2.05, 4.69) is 45.6 Å². The van der Waals surface area contributed by atoms with Crippen LogP contribution >= 0.6 is 24.0 Å². The molecule has 0 saturated carbocycles. The normalized spacial score (nSPS) is 15.1. The molecular weight excluding hydrogens is 477 g/mol. The summed E-state index contributed by atoms with van der Waals surface area (Å²) >= 11 is 0. The van der Waals surface area contributed by atoms with Crippen molar-refractivity contribution in [2.75, 3.05) is 51.4 Å². The van der Waals surface area contributed by atoms with Crippen LogP contribution in [0.2, 0.25) is 0 Å². The van der Waals surface area contributed by atoms with E-state index in [0.717, 1.165) is 32.0 Å². The molecule has 152 valence electrons. The van der Waals surface area contributed by atoms with Gasteiger partial charge in [0.05, 0.1) is 25.5 Å². The summed E-state index contributed by atoms with van der Waals surface area (Å²) in [6.07, 6.45) is 4.46. The maximum absolute atomic E-state index is 11.1. The maximum Gasteiger partial charge on any atom is 0.194 e. The molecule has 1 aromatic carbocycles. The highest BCUT2D eigenvalue weighted by Gasteiger charge is 2.15. The minimum Gasteiger partial charge on any atom is -0.378 e. The number of halogens is 1. The molecule has 1 aliphatic rings. The zero-order valence-corrected chi connectivity index (χ0v) is 19.2. The minimum atomic E-state index is -2.97. The van der Waals surface area contributed by atoms with E-state index in [0.29, 0.717) is 13.2 Å². The third kappa shape index (κ3) is 9.07. The summed E-state index contributed by atoms with van der Waals surface area (Å²) in [7, 11) is -2.97. The molecule has 0 unspecified atom stereocenters. The van der Waals surface area contributed by atoms with Crippen LogP contribution in [0.15, 0.2) is 41.4 Å². The third-order valence-electron chi connectivity index (χ3n) is 4.08. The van der Waals surface area contributed by atoms with Crippen molar-refractivity contribution < 1.29 is 13.2 Å². The van der Waals surface area contributed by atoms with Crippen molar-refractivity contribution in [1.29, 1.82) is 0 Å². The SMILES string of the molecule is CCNC(=NCCOCCS(C)(=O)=O)N1CC=C(c2ccccc2)CC1.I. The van der Waals surface area contributed by atoms with Crippen LogP contribution in [-0.4, -0.2) is 70.7 Å². The topological polar surface area (TPSA) is 71.0 Å². The quantitative estimate of drug-likeness (QED) is 0.253. The lowest BCUT2D eigenvalue weighted by Crippen LogP contribution is -2.43. The van der Waals surface area contributed by atoms with E-state index < -0.39 is 9.84 Å². The van der Waals surface area contributed by atoms with Crippen molar-refractivity contribution >= 4 is 45.3 Å². The molecule has 27 heavy (non-hydrogen) atoms. The Morgan fingerprint density at radius 3 is 2.59 bits per heavy atom. The predicted molar refractivity (Wildman–Crippen MR) is 123 cm³/mol. The molecule has 1 heterocycles. The number of hydrogen-bond acceptors (Lipinski definition) is 4. The molecular formula is C19H30IN3O3S. The lowest BCUT2D eigenvalue weighted by atomic mass is 10.00. The number of nitrogens with zero attached hydrogens (tertiary/aromatic N) is 2. The first-order chi connectivity index (χ1) is 12.5. The van der Waals surface area contributed by atoms with Crippen molar-refractivity contribution in [1.82, 2.24) is 10.2 Å². The van der Waals surface area contributed by atoms with E-state index in [9.17, 15) is 8.42 Å². The molecule has 2 rings (SSSR count). The molecule has 0 amide bonds. The predicted octanol–water partition coefficient (Wildman–Crippen LogP) is 2.42. The molecule has 8 heteroatoms. The van der Waals surface area contributed by atoms with Gasteiger partial charge in [0, 0.05) is 25.9 Å². The van der Waals surface area contributed by atoms with Crippen LogP contribution in [0.4, 0.5) is 0 Å². The van der Waals surface area contributed by atoms with Crippen molar-refractivity contribution in [2.24, 2.45) is 4.99 Å². The molecule has 0 aliphatic carbocycles. The fourth-order valence-corrected chi connectivity index (χ4v) is 3.15. The molecule has 1 N–H and O–H groups in total. The molecule has 0 aromatic heterocycles. The number of rotatable bonds is 8. The van der Waals surface area contributed by atoms with Gasteiger partial charge in [-0.15, -0.1) is 24.0 Å². The van der Waals surface area contributed by atoms with Gasteiger partial charge in [0.2, 0.25) is 0 Å². The Balaban J connectivity index is 0.00000364. The van der Waals surface area contributed by atoms with Gasteiger partial charge >= 0.3 is 0 Å². The molecule has 0 atom stereocenters. The summed E-state index contributed by atoms with van der Waals surface area (Å²) in [5, 5.41) is 3.32. The van der Waals surface area contributed by atoms with E-state index >= 15 is 0 Å². The average molecular weight is 507 g/mol. The molecule has 0 bridgehead atoms. The number of ether oxygens (including phenoxy) is 1. The van der Waals surface area contributed by atoms with Crippen LogP contribution in [0, 0.1) is 0 Å². The highest BCUT2D eigenvalue weighted by molar-refractivity contribution is 14.0. The lowest BCUT2D eigenvalue weighted by Gasteiger charge is -2.29. The van der Waals surface area contributed by atoms with Crippen LogP contribution in [0.1, 0.15) is 18.9 Å². The van der Waals surface area contributed by atoms with E-state index in [4.69, 9.17) is 4.74 Å². The molecule has 0 spiro atoms. The zero-order valence-electron chi connectivity index (χ0n) is 16.1. The number of nitrogens with one attached hydrogen (secondary N) is 1. The number of guanidine groups is 1. The first-order valence-corrected chi connectivity index (χ1v) is 11.1. The highest BCUT2D eigenvalue weighted by Crippen LogP contribution is 2.21. The van der Waals surface area contributed by atoms with E-state index in [1.165, 1.54) is 17.4 Å². The van der Waals surface area contributed by atoms with Gasteiger partial charge in [-0.05, 0) is 24.5 Å². The van der Waals surface area contributed by atoms with Gasteiger partial charge in [-0.2, -0.15) is 0 Å². The maximum atomic E-state index is 11.1. The monoisotopic (exact) mass is 507 g/mol. The number of hydrogen-bond donors (Lipinski definition) is 1. The zero-order chi connectivity index (χ0) is 18.8. The van der Waals surface area contributed by atoms with Gasteiger partial charge in [0.25, 0.3) is 0 Å². The van der Waals surface area contributed by atoms with E-state index in [1.54, 1.807) is 0 Å². The van der Waals surface area contributed by atoms with Crippen LogP contribution in [0.3, 0.4) is 0 Å². The number of aliphatic imine (C=N–C) groups is 1. The Bertz CT molecular complexity index is 721. The smallest absolute Gasteiger partial charge is 0.194 e. The lowest BCUT2D eigenvalue weighted by molar-refractivity contribution is 0.157. The summed E-state index contributed by atoms with van der Waals surface area (Å²) < 4.78 is 27.5. The van der Waals surface area contributed by atoms with Crippen molar-refractivity contribution in [3.8, 4) is 0 Å². The summed E-state index contributed by atoms with van der Waals surface area (Å²) in [6, 6.07) is 10.5. The minimum absolute atomic E-state index is 0. The summed E-state index contributed by atoms with van der Waals surface area (Å²) in [6.45, 7) is 5.75. The highest BCUT2D eigenvalue weighted by atomic mass is 127. The molecule has 0 saturated heterocycles. The second-order valence-corrected chi connectivity index (χ2v) is 8.53. The van der Waals surface area contributed by atoms with Crippen molar-refractivity contribution in [3.63, 3.8) is 0 Å². The van der Waals surface area contributed by atoms with Crippen LogP contribution in [0.25, 0.3) is 5.57 Å². The van der Waals surface area contributed by atoms with Crippen molar-refractivity contribution in [2.45, 2.75) is 13.3 Å². The van der Waals surface area contributed by atoms with Gasteiger partial charge in [0.15, 0.2) is 5.96 Å². The van der Waals surface area contributed by atoms with Crippen LogP contribution in [0.5, 0.6) is 0 Å². The Morgan fingerprint density at radius 1 is 1.26 bits per heavy atom. The molecule has 6 nitrogen and oxygen atoms in total. The van der Waals surface area contributed by atoms with Crippen molar-refractivity contribution in [3.05, 3.63) is 42.0 Å². The van der Waals surface area contributed by atoms with Gasteiger partial charge in [0.1, 0.15) is 9.84 Å². The van der Waals surface area contributed by atoms with E-state index in [1.807, 2.05) is 13.0 Å². The van der Waals surface area contributed by atoms with Gasteiger partial charge in [-0.3, -0.25) is 4.99 Å². The standard InChI is InChI=1S/C19H29N3O3S.HI/c1-3-20-19(21-11-14-25-15-16-26(2,23)24)22-12-9-18(10-13-22)17-7-5-4-6-8-17;/h4-9H,3,10-16H2,1-2H3,(H,20,21);1H. The molecule has 1 aromatic rings. The Kier molecular flexibility index (Phi) is 10.9.